The Bertz CT molecular complexity index is 470. The molecule has 1 aromatic carbocycles. The molecule has 0 aliphatic carbocycles. The van der Waals surface area contributed by atoms with Crippen molar-refractivity contribution in [3.05, 3.63) is 41.5 Å². The summed E-state index contributed by atoms with van der Waals surface area (Å²) in [6.07, 6.45) is 0.153. The molecule has 1 aromatic rings. The number of anilines is 1. The second-order valence-corrected chi connectivity index (χ2v) is 3.65. The SMILES string of the molecule is C/C=C/CCNc1ccc(C(F)(F)F)cc1C#N. The summed E-state index contributed by atoms with van der Waals surface area (Å²) in [6.45, 7) is 2.46. The molecule has 1 rings (SSSR count). The molecule has 0 spiro atoms. The quantitative estimate of drug-likeness (QED) is 0.652. The molecule has 0 aliphatic heterocycles. The molecule has 2 nitrogen and oxygen atoms in total. The van der Waals surface area contributed by atoms with Crippen LogP contribution < -0.4 is 5.32 Å². The number of hydrogen-bond acceptors (Lipinski definition) is 2. The van der Waals surface area contributed by atoms with Gasteiger partial charge in [0.1, 0.15) is 6.07 Å². The molecule has 0 atom stereocenters. The summed E-state index contributed by atoms with van der Waals surface area (Å²) in [7, 11) is 0. The monoisotopic (exact) mass is 254 g/mol. The van der Waals surface area contributed by atoms with E-state index in [9.17, 15) is 13.2 Å². The van der Waals surface area contributed by atoms with Crippen LogP contribution in [0.3, 0.4) is 0 Å². The zero-order valence-electron chi connectivity index (χ0n) is 9.88. The Morgan fingerprint density at radius 3 is 2.67 bits per heavy atom. The van der Waals surface area contributed by atoms with Crippen LogP contribution in [-0.4, -0.2) is 6.54 Å². The average Bonchev–Trinajstić information content (AvgIpc) is 2.33. The molecule has 0 saturated carbocycles. The molecule has 0 radical (unpaired) electrons. The third-order valence-corrected chi connectivity index (χ3v) is 2.33. The number of rotatable bonds is 4. The van der Waals surface area contributed by atoms with Crippen LogP contribution in [0.15, 0.2) is 30.4 Å². The third-order valence-electron chi connectivity index (χ3n) is 2.33. The Balaban J connectivity index is 2.85. The first kappa shape index (κ1) is 14.1. The van der Waals surface area contributed by atoms with E-state index in [4.69, 9.17) is 5.26 Å². The number of halogens is 3. The van der Waals surface area contributed by atoms with E-state index < -0.39 is 11.7 Å². The van der Waals surface area contributed by atoms with Gasteiger partial charge in [-0.15, -0.1) is 0 Å². The summed E-state index contributed by atoms with van der Waals surface area (Å²) in [5.41, 5.74) is -0.377. The molecular weight excluding hydrogens is 241 g/mol. The van der Waals surface area contributed by atoms with E-state index in [1.165, 1.54) is 6.07 Å². The van der Waals surface area contributed by atoms with E-state index in [-0.39, 0.29) is 5.56 Å². The maximum Gasteiger partial charge on any atom is 0.416 e. The summed E-state index contributed by atoms with van der Waals surface area (Å²) in [6, 6.07) is 4.89. The molecule has 96 valence electrons. The van der Waals surface area contributed by atoms with Crippen molar-refractivity contribution in [1.29, 1.82) is 5.26 Å². The highest BCUT2D eigenvalue weighted by atomic mass is 19.4. The summed E-state index contributed by atoms with van der Waals surface area (Å²) in [4.78, 5) is 0. The van der Waals surface area contributed by atoms with Crippen molar-refractivity contribution in [3.63, 3.8) is 0 Å². The summed E-state index contributed by atoms with van der Waals surface area (Å²) in [5, 5.41) is 11.8. The van der Waals surface area contributed by atoms with Gasteiger partial charge < -0.3 is 5.32 Å². The van der Waals surface area contributed by atoms with Crippen LogP contribution in [-0.2, 0) is 6.18 Å². The van der Waals surface area contributed by atoms with E-state index in [0.29, 0.717) is 12.2 Å². The first-order valence-corrected chi connectivity index (χ1v) is 5.45. The van der Waals surface area contributed by atoms with Gasteiger partial charge in [-0.05, 0) is 31.5 Å². The number of nitriles is 1. The molecule has 1 N–H and O–H groups in total. The predicted molar refractivity (Wildman–Crippen MR) is 64.1 cm³/mol. The number of hydrogen-bond donors (Lipinski definition) is 1. The van der Waals surface area contributed by atoms with E-state index in [2.05, 4.69) is 5.32 Å². The van der Waals surface area contributed by atoms with E-state index >= 15 is 0 Å². The number of nitrogens with one attached hydrogen (secondary N) is 1. The van der Waals surface area contributed by atoms with E-state index in [1.54, 1.807) is 6.07 Å². The average molecular weight is 254 g/mol. The lowest BCUT2D eigenvalue weighted by Crippen LogP contribution is -2.07. The highest BCUT2D eigenvalue weighted by Gasteiger charge is 2.30. The summed E-state index contributed by atoms with van der Waals surface area (Å²) >= 11 is 0. The molecule has 0 bridgehead atoms. The first-order valence-electron chi connectivity index (χ1n) is 5.45. The number of allylic oxidation sites excluding steroid dienone is 1. The molecule has 0 unspecified atom stereocenters. The van der Waals surface area contributed by atoms with Crippen molar-refractivity contribution in [3.8, 4) is 6.07 Å². The molecule has 0 amide bonds. The second-order valence-electron chi connectivity index (χ2n) is 3.65. The van der Waals surface area contributed by atoms with Crippen molar-refractivity contribution >= 4 is 5.69 Å². The lowest BCUT2D eigenvalue weighted by Gasteiger charge is -2.11. The fourth-order valence-electron chi connectivity index (χ4n) is 1.42. The molecular formula is C13H13F3N2. The maximum atomic E-state index is 12.4. The van der Waals surface area contributed by atoms with Crippen LogP contribution in [0, 0.1) is 11.3 Å². The maximum absolute atomic E-state index is 12.4. The highest BCUT2D eigenvalue weighted by Crippen LogP contribution is 2.31. The minimum absolute atomic E-state index is 0.00491. The van der Waals surface area contributed by atoms with Gasteiger partial charge in [0.25, 0.3) is 0 Å². The van der Waals surface area contributed by atoms with Crippen molar-refractivity contribution in [2.45, 2.75) is 19.5 Å². The van der Waals surface area contributed by atoms with Crippen molar-refractivity contribution in [2.24, 2.45) is 0 Å². The molecule has 0 aromatic heterocycles. The number of nitrogens with zero attached hydrogens (tertiary/aromatic N) is 1. The van der Waals surface area contributed by atoms with Crippen LogP contribution in [0.2, 0.25) is 0 Å². The van der Waals surface area contributed by atoms with Gasteiger partial charge in [-0.25, -0.2) is 0 Å². The Kier molecular flexibility index (Phi) is 4.78. The molecule has 18 heavy (non-hydrogen) atoms. The Hall–Kier alpha value is -1.96. The van der Waals surface area contributed by atoms with Gasteiger partial charge in [-0.2, -0.15) is 18.4 Å². The second kappa shape index (κ2) is 6.10. The smallest absolute Gasteiger partial charge is 0.384 e. The molecule has 0 aliphatic rings. The molecule has 5 heteroatoms. The van der Waals surface area contributed by atoms with Gasteiger partial charge in [-0.3, -0.25) is 0 Å². The largest absolute Gasteiger partial charge is 0.416 e. The Morgan fingerprint density at radius 1 is 1.39 bits per heavy atom. The number of alkyl halides is 3. The van der Waals surface area contributed by atoms with Crippen LogP contribution in [0.4, 0.5) is 18.9 Å². The fraction of sp³-hybridized carbons (Fsp3) is 0.308. The molecule has 0 heterocycles. The topological polar surface area (TPSA) is 35.8 Å². The van der Waals surface area contributed by atoms with Crippen LogP contribution in [0.25, 0.3) is 0 Å². The first-order chi connectivity index (χ1) is 8.49. The van der Waals surface area contributed by atoms with Gasteiger partial charge in [0.15, 0.2) is 0 Å². The third kappa shape index (κ3) is 3.81. The molecule has 0 fully saturated rings. The lowest BCUT2D eigenvalue weighted by atomic mass is 10.1. The van der Waals surface area contributed by atoms with E-state index in [0.717, 1.165) is 18.6 Å². The van der Waals surface area contributed by atoms with Crippen LogP contribution in [0.1, 0.15) is 24.5 Å². The standard InChI is InChI=1S/C13H13F3N2/c1-2-3-4-7-18-12-6-5-11(13(14,15)16)8-10(12)9-17/h2-3,5-6,8,18H,4,7H2,1H3/b3-2+. The summed E-state index contributed by atoms with van der Waals surface area (Å²) in [5.74, 6) is 0. The van der Waals surface area contributed by atoms with E-state index in [1.807, 2.05) is 19.1 Å². The van der Waals surface area contributed by atoms with Gasteiger partial charge >= 0.3 is 6.18 Å². The zero-order valence-corrected chi connectivity index (χ0v) is 9.88. The molecule has 0 saturated heterocycles. The highest BCUT2D eigenvalue weighted by molar-refractivity contribution is 5.59. The van der Waals surface area contributed by atoms with Crippen molar-refractivity contribution < 1.29 is 13.2 Å². The predicted octanol–water partition coefficient (Wildman–Crippen LogP) is 3.96. The van der Waals surface area contributed by atoms with Crippen LogP contribution in [0.5, 0.6) is 0 Å². The normalized spacial score (nSPS) is 11.5. The minimum atomic E-state index is -4.42. The fourth-order valence-corrected chi connectivity index (χ4v) is 1.42. The Labute approximate surface area is 104 Å². The zero-order chi connectivity index (χ0) is 13.6. The van der Waals surface area contributed by atoms with Gasteiger partial charge in [-0.1, -0.05) is 12.2 Å². The van der Waals surface area contributed by atoms with Crippen molar-refractivity contribution in [1.82, 2.24) is 0 Å². The van der Waals surface area contributed by atoms with Gasteiger partial charge in [0.05, 0.1) is 16.8 Å². The van der Waals surface area contributed by atoms with Gasteiger partial charge in [0.2, 0.25) is 0 Å². The Morgan fingerprint density at radius 2 is 2.11 bits per heavy atom. The van der Waals surface area contributed by atoms with Gasteiger partial charge in [0, 0.05) is 6.54 Å². The number of benzene rings is 1. The lowest BCUT2D eigenvalue weighted by molar-refractivity contribution is -0.137. The van der Waals surface area contributed by atoms with Crippen molar-refractivity contribution in [2.75, 3.05) is 11.9 Å². The minimum Gasteiger partial charge on any atom is -0.384 e. The summed E-state index contributed by atoms with van der Waals surface area (Å²) < 4.78 is 37.3. The van der Waals surface area contributed by atoms with Crippen LogP contribution >= 0.6 is 0 Å².